The van der Waals surface area contributed by atoms with Gasteiger partial charge in [0.15, 0.2) is 0 Å². The first-order valence-electron chi connectivity index (χ1n) is 7.75. The summed E-state index contributed by atoms with van der Waals surface area (Å²) in [6, 6.07) is 13.4. The second kappa shape index (κ2) is 7.04. The van der Waals surface area contributed by atoms with Crippen LogP contribution in [0.5, 0.6) is 0 Å². The lowest BCUT2D eigenvalue weighted by Gasteiger charge is -2.29. The second-order valence-corrected chi connectivity index (χ2v) is 6.78. The molecular weight excluding hydrogens is 308 g/mol. The van der Waals surface area contributed by atoms with Crippen molar-refractivity contribution < 1.29 is 9.59 Å². The fourth-order valence-electron chi connectivity index (χ4n) is 2.86. The maximum Gasteiger partial charge on any atom is 0.243 e. The molecule has 2 aromatic rings. The van der Waals surface area contributed by atoms with Crippen LogP contribution in [0.4, 0.5) is 0 Å². The van der Waals surface area contributed by atoms with Gasteiger partial charge in [-0.15, -0.1) is 0 Å². The minimum absolute atomic E-state index is 0.0792. The van der Waals surface area contributed by atoms with E-state index in [1.54, 1.807) is 11.8 Å². The molecule has 0 aliphatic carbocycles. The SMILES string of the molecule is CSCC[C@@H]1NC(=O)[C@H](Cc2ccc3ccccc3c2)NC1=O. The zero-order chi connectivity index (χ0) is 16.2. The van der Waals surface area contributed by atoms with Crippen molar-refractivity contribution in [3.05, 3.63) is 48.0 Å². The molecular formula is C18H20N2O2S. The van der Waals surface area contributed by atoms with Crippen LogP contribution in [0.25, 0.3) is 10.8 Å². The Labute approximate surface area is 140 Å². The van der Waals surface area contributed by atoms with E-state index in [-0.39, 0.29) is 11.8 Å². The summed E-state index contributed by atoms with van der Waals surface area (Å²) < 4.78 is 0. The molecule has 0 bridgehead atoms. The van der Waals surface area contributed by atoms with E-state index in [4.69, 9.17) is 0 Å². The Morgan fingerprint density at radius 1 is 0.957 bits per heavy atom. The van der Waals surface area contributed by atoms with E-state index in [0.717, 1.165) is 16.7 Å². The number of hydrogen-bond donors (Lipinski definition) is 2. The minimum Gasteiger partial charge on any atom is -0.342 e. The Morgan fingerprint density at radius 3 is 2.43 bits per heavy atom. The van der Waals surface area contributed by atoms with Gasteiger partial charge in [-0.2, -0.15) is 11.8 Å². The van der Waals surface area contributed by atoms with Gasteiger partial charge in [-0.25, -0.2) is 0 Å². The number of amides is 2. The molecule has 4 nitrogen and oxygen atoms in total. The van der Waals surface area contributed by atoms with Crippen LogP contribution in [0.1, 0.15) is 12.0 Å². The summed E-state index contributed by atoms with van der Waals surface area (Å²) in [6.45, 7) is 0. The normalized spacial score (nSPS) is 21.1. The highest BCUT2D eigenvalue weighted by Gasteiger charge is 2.33. The predicted octanol–water partition coefficient (Wildman–Crippen LogP) is 2.12. The van der Waals surface area contributed by atoms with Crippen LogP contribution < -0.4 is 10.6 Å². The summed E-state index contributed by atoms with van der Waals surface area (Å²) in [7, 11) is 0. The number of carbonyl (C=O) groups is 2. The molecule has 2 atom stereocenters. The van der Waals surface area contributed by atoms with Crippen molar-refractivity contribution in [3.63, 3.8) is 0 Å². The summed E-state index contributed by atoms with van der Waals surface area (Å²) in [5.74, 6) is 0.682. The lowest BCUT2D eigenvalue weighted by atomic mass is 9.99. The van der Waals surface area contributed by atoms with E-state index in [9.17, 15) is 9.59 Å². The van der Waals surface area contributed by atoms with Gasteiger partial charge in [0.2, 0.25) is 11.8 Å². The Morgan fingerprint density at radius 2 is 1.65 bits per heavy atom. The smallest absolute Gasteiger partial charge is 0.243 e. The number of fused-ring (bicyclic) bond motifs is 1. The van der Waals surface area contributed by atoms with Gasteiger partial charge in [0.05, 0.1) is 0 Å². The molecule has 2 aromatic carbocycles. The lowest BCUT2D eigenvalue weighted by molar-refractivity contribution is -0.136. The van der Waals surface area contributed by atoms with Crippen LogP contribution in [-0.4, -0.2) is 35.9 Å². The Kier molecular flexibility index (Phi) is 4.86. The van der Waals surface area contributed by atoms with Gasteiger partial charge in [0.25, 0.3) is 0 Å². The monoisotopic (exact) mass is 328 g/mol. The van der Waals surface area contributed by atoms with Gasteiger partial charge < -0.3 is 10.6 Å². The topological polar surface area (TPSA) is 58.2 Å². The van der Waals surface area contributed by atoms with Crippen molar-refractivity contribution in [1.29, 1.82) is 0 Å². The molecule has 1 heterocycles. The number of hydrogen-bond acceptors (Lipinski definition) is 3. The fraction of sp³-hybridized carbons (Fsp3) is 0.333. The first kappa shape index (κ1) is 15.9. The Balaban J connectivity index is 1.69. The van der Waals surface area contributed by atoms with E-state index < -0.39 is 12.1 Å². The second-order valence-electron chi connectivity index (χ2n) is 5.79. The number of benzene rings is 2. The summed E-state index contributed by atoms with van der Waals surface area (Å²) in [5, 5.41) is 8.02. The summed E-state index contributed by atoms with van der Waals surface area (Å²) >= 11 is 1.67. The summed E-state index contributed by atoms with van der Waals surface area (Å²) in [6.07, 6.45) is 3.17. The van der Waals surface area contributed by atoms with E-state index in [2.05, 4.69) is 34.9 Å². The average Bonchev–Trinajstić information content (AvgIpc) is 2.56. The molecule has 0 radical (unpaired) electrons. The molecule has 5 heteroatoms. The van der Waals surface area contributed by atoms with Crippen LogP contribution >= 0.6 is 11.8 Å². The standard InChI is InChI=1S/C18H20N2O2S/c1-23-9-8-15-17(21)20-16(18(22)19-15)11-12-6-7-13-4-2-3-5-14(13)10-12/h2-7,10,15-16H,8-9,11H2,1H3,(H,19,22)(H,20,21)/t15-,16-/m0/s1. The zero-order valence-corrected chi connectivity index (χ0v) is 13.9. The number of thioether (sulfide) groups is 1. The molecule has 2 N–H and O–H groups in total. The molecule has 1 fully saturated rings. The van der Waals surface area contributed by atoms with Crippen LogP contribution in [0.2, 0.25) is 0 Å². The third kappa shape index (κ3) is 3.67. The quantitative estimate of drug-likeness (QED) is 0.884. The molecule has 0 aromatic heterocycles. The summed E-state index contributed by atoms with van der Waals surface area (Å²) in [5.41, 5.74) is 1.05. The molecule has 1 aliphatic rings. The average molecular weight is 328 g/mol. The molecule has 120 valence electrons. The number of nitrogens with one attached hydrogen (secondary N) is 2. The number of carbonyl (C=O) groups excluding carboxylic acids is 2. The first-order valence-corrected chi connectivity index (χ1v) is 9.14. The fourth-order valence-corrected chi connectivity index (χ4v) is 3.33. The van der Waals surface area contributed by atoms with Gasteiger partial charge in [-0.1, -0.05) is 42.5 Å². The molecule has 1 aliphatic heterocycles. The number of rotatable bonds is 5. The van der Waals surface area contributed by atoms with Crippen molar-refractivity contribution in [1.82, 2.24) is 10.6 Å². The van der Waals surface area contributed by atoms with E-state index in [1.807, 2.05) is 24.5 Å². The maximum atomic E-state index is 12.2. The van der Waals surface area contributed by atoms with Crippen molar-refractivity contribution in [2.75, 3.05) is 12.0 Å². The number of piperazine rings is 1. The van der Waals surface area contributed by atoms with E-state index >= 15 is 0 Å². The van der Waals surface area contributed by atoms with Crippen LogP contribution in [-0.2, 0) is 16.0 Å². The first-order chi connectivity index (χ1) is 11.2. The molecule has 2 amide bonds. The van der Waals surface area contributed by atoms with Crippen LogP contribution in [0.3, 0.4) is 0 Å². The predicted molar refractivity (Wildman–Crippen MR) is 94.5 cm³/mol. The highest BCUT2D eigenvalue weighted by Crippen LogP contribution is 2.17. The van der Waals surface area contributed by atoms with Gasteiger partial charge in [-0.05, 0) is 34.8 Å². The lowest BCUT2D eigenvalue weighted by Crippen LogP contribution is -2.62. The molecule has 0 spiro atoms. The van der Waals surface area contributed by atoms with Crippen molar-refractivity contribution >= 4 is 34.3 Å². The van der Waals surface area contributed by atoms with Crippen LogP contribution in [0, 0.1) is 0 Å². The Bertz CT molecular complexity index is 732. The molecule has 0 saturated carbocycles. The van der Waals surface area contributed by atoms with Gasteiger partial charge in [-0.3, -0.25) is 9.59 Å². The van der Waals surface area contributed by atoms with Crippen molar-refractivity contribution in [2.24, 2.45) is 0 Å². The highest BCUT2D eigenvalue weighted by atomic mass is 32.2. The molecule has 1 saturated heterocycles. The maximum absolute atomic E-state index is 12.2. The summed E-state index contributed by atoms with van der Waals surface area (Å²) in [4.78, 5) is 24.4. The molecule has 0 unspecified atom stereocenters. The highest BCUT2D eigenvalue weighted by molar-refractivity contribution is 7.98. The van der Waals surface area contributed by atoms with Crippen LogP contribution in [0.15, 0.2) is 42.5 Å². The van der Waals surface area contributed by atoms with Gasteiger partial charge in [0, 0.05) is 6.42 Å². The Hall–Kier alpha value is -2.01. The van der Waals surface area contributed by atoms with Gasteiger partial charge in [0.1, 0.15) is 12.1 Å². The third-order valence-corrected chi connectivity index (χ3v) is 4.77. The van der Waals surface area contributed by atoms with Crippen molar-refractivity contribution in [2.45, 2.75) is 24.9 Å². The minimum atomic E-state index is -0.491. The van der Waals surface area contributed by atoms with Crippen molar-refractivity contribution in [3.8, 4) is 0 Å². The van der Waals surface area contributed by atoms with E-state index in [1.165, 1.54) is 5.39 Å². The largest absolute Gasteiger partial charge is 0.342 e. The van der Waals surface area contributed by atoms with Gasteiger partial charge >= 0.3 is 0 Å². The molecule has 23 heavy (non-hydrogen) atoms. The third-order valence-electron chi connectivity index (χ3n) is 4.13. The molecule has 3 rings (SSSR count). The zero-order valence-electron chi connectivity index (χ0n) is 13.0. The van der Waals surface area contributed by atoms with E-state index in [0.29, 0.717) is 12.8 Å².